The number of hydrogen-bond acceptors (Lipinski definition) is 6. The van der Waals surface area contributed by atoms with Crippen LogP contribution in [0.1, 0.15) is 10.5 Å². The van der Waals surface area contributed by atoms with Crippen LogP contribution in [0.25, 0.3) is 27.6 Å². The number of aryl methyl sites for hydroxylation is 1. The van der Waals surface area contributed by atoms with E-state index in [0.717, 1.165) is 20.9 Å². The highest BCUT2D eigenvalue weighted by molar-refractivity contribution is 7.19. The number of carbonyl (C=O) groups excluding carboxylic acids is 1. The summed E-state index contributed by atoms with van der Waals surface area (Å²) < 4.78 is 16.2. The van der Waals surface area contributed by atoms with Crippen LogP contribution in [0.4, 0.5) is 9.52 Å². The summed E-state index contributed by atoms with van der Waals surface area (Å²) in [5.41, 5.74) is 1.50. The number of amides is 1. The fraction of sp³-hybridized carbons (Fsp3) is 0.0417. The van der Waals surface area contributed by atoms with Gasteiger partial charge in [-0.15, -0.1) is 0 Å². The predicted octanol–water partition coefficient (Wildman–Crippen LogP) is 4.15. The van der Waals surface area contributed by atoms with Crippen molar-refractivity contribution in [2.24, 2.45) is 7.05 Å². The van der Waals surface area contributed by atoms with Gasteiger partial charge in [0.25, 0.3) is 11.5 Å². The molecule has 3 aromatic heterocycles. The second-order valence-electron chi connectivity index (χ2n) is 7.32. The molecule has 0 bridgehead atoms. The molecular formula is C24H17FN6O2S. The molecule has 0 atom stereocenters. The largest absolute Gasteiger partial charge is 0.333 e. The Morgan fingerprint density at radius 2 is 1.79 bits per heavy atom. The van der Waals surface area contributed by atoms with E-state index in [4.69, 9.17) is 0 Å². The summed E-state index contributed by atoms with van der Waals surface area (Å²) in [6.45, 7) is 0. The Morgan fingerprint density at radius 3 is 2.50 bits per heavy atom. The zero-order chi connectivity index (χ0) is 23.7. The van der Waals surface area contributed by atoms with Gasteiger partial charge in [0.2, 0.25) is 0 Å². The number of thiazole rings is 1. The third kappa shape index (κ3) is 4.14. The smallest absolute Gasteiger partial charge is 0.277 e. The third-order valence-electron chi connectivity index (χ3n) is 5.02. The van der Waals surface area contributed by atoms with Crippen LogP contribution in [0.2, 0.25) is 0 Å². The number of aromatic nitrogens is 5. The molecule has 0 saturated carbocycles. The first kappa shape index (κ1) is 21.4. The Morgan fingerprint density at radius 1 is 1.03 bits per heavy atom. The molecule has 0 fully saturated rings. The van der Waals surface area contributed by atoms with Crippen LogP contribution < -0.4 is 10.9 Å². The number of rotatable bonds is 5. The maximum atomic E-state index is 13.3. The van der Waals surface area contributed by atoms with Gasteiger partial charge < -0.3 is 4.57 Å². The van der Waals surface area contributed by atoms with E-state index in [1.807, 2.05) is 48.1 Å². The number of nitrogens with zero attached hydrogens (tertiary/aromatic N) is 5. The zero-order valence-corrected chi connectivity index (χ0v) is 18.7. The molecule has 0 aliphatic rings. The van der Waals surface area contributed by atoms with Crippen molar-refractivity contribution in [2.45, 2.75) is 0 Å². The number of halogens is 1. The molecule has 1 N–H and O–H groups in total. The van der Waals surface area contributed by atoms with Crippen molar-refractivity contribution in [3.05, 3.63) is 101 Å². The van der Waals surface area contributed by atoms with Crippen LogP contribution in [-0.4, -0.2) is 30.2 Å². The zero-order valence-electron chi connectivity index (χ0n) is 17.8. The highest BCUT2D eigenvalue weighted by Crippen LogP contribution is 2.38. The lowest BCUT2D eigenvalue weighted by atomic mass is 10.1. The fourth-order valence-corrected chi connectivity index (χ4v) is 4.38. The van der Waals surface area contributed by atoms with Gasteiger partial charge in [-0.3, -0.25) is 14.9 Å². The average molecular weight is 473 g/mol. The minimum absolute atomic E-state index is 0.0129. The predicted molar refractivity (Wildman–Crippen MR) is 127 cm³/mol. The van der Waals surface area contributed by atoms with Crippen molar-refractivity contribution in [1.82, 2.24) is 24.3 Å². The van der Waals surface area contributed by atoms with Gasteiger partial charge in [-0.25, -0.2) is 14.4 Å². The molecule has 0 spiro atoms. The molecule has 3 heterocycles. The first-order valence-corrected chi connectivity index (χ1v) is 11.0. The summed E-state index contributed by atoms with van der Waals surface area (Å²) in [5.74, 6) is -0.248. The first-order chi connectivity index (χ1) is 16.5. The van der Waals surface area contributed by atoms with Gasteiger partial charge in [0.1, 0.15) is 11.5 Å². The highest BCUT2D eigenvalue weighted by atomic mass is 32.1. The molecule has 0 unspecified atom stereocenters. The molecular weight excluding hydrogens is 455 g/mol. The topological polar surface area (TPSA) is 94.7 Å². The van der Waals surface area contributed by atoms with Gasteiger partial charge in [0.05, 0.1) is 16.3 Å². The van der Waals surface area contributed by atoms with Crippen LogP contribution in [0.5, 0.6) is 0 Å². The monoisotopic (exact) mass is 472 g/mol. The second kappa shape index (κ2) is 8.83. The molecule has 8 nitrogen and oxygen atoms in total. The summed E-state index contributed by atoms with van der Waals surface area (Å²) >= 11 is 1.29. The standard InChI is InChI=1S/C24H17FN6O2S/c1-30-14-13-26-22(30)21-20(15-5-3-2-4-6-15)27-24(34-21)28-23(33)18-11-12-19(32)31(29-18)17-9-7-16(25)8-10-17/h2-14H,1H3,(H,27,28,33). The molecule has 5 rings (SSSR count). The average Bonchev–Trinajstić information content (AvgIpc) is 3.46. The van der Waals surface area contributed by atoms with Crippen LogP contribution in [0.15, 0.2) is 83.9 Å². The van der Waals surface area contributed by atoms with Crippen LogP contribution in [0, 0.1) is 5.82 Å². The normalized spacial score (nSPS) is 10.9. The molecule has 2 aromatic carbocycles. The minimum Gasteiger partial charge on any atom is -0.333 e. The van der Waals surface area contributed by atoms with Gasteiger partial charge in [-0.2, -0.15) is 9.78 Å². The van der Waals surface area contributed by atoms with E-state index in [1.165, 1.54) is 47.7 Å². The van der Waals surface area contributed by atoms with Crippen molar-refractivity contribution in [2.75, 3.05) is 5.32 Å². The second-order valence-corrected chi connectivity index (χ2v) is 8.32. The van der Waals surface area contributed by atoms with Crippen LogP contribution >= 0.6 is 11.3 Å². The summed E-state index contributed by atoms with van der Waals surface area (Å²) in [5, 5.41) is 7.28. The quantitative estimate of drug-likeness (QED) is 0.415. The Labute approximate surface area is 197 Å². The SMILES string of the molecule is Cn1ccnc1-c1sc(NC(=O)c2ccc(=O)n(-c3ccc(F)cc3)n2)nc1-c1ccccc1. The Hall–Kier alpha value is -4.44. The minimum atomic E-state index is -0.532. The van der Waals surface area contributed by atoms with E-state index < -0.39 is 17.3 Å². The van der Waals surface area contributed by atoms with Gasteiger partial charge in [-0.1, -0.05) is 41.7 Å². The summed E-state index contributed by atoms with van der Waals surface area (Å²) in [7, 11) is 1.89. The van der Waals surface area contributed by atoms with E-state index in [0.29, 0.717) is 16.5 Å². The number of nitrogens with one attached hydrogen (secondary N) is 1. The number of anilines is 1. The molecule has 34 heavy (non-hydrogen) atoms. The summed E-state index contributed by atoms with van der Waals surface area (Å²) in [6, 6.07) is 17.5. The molecule has 1 amide bonds. The van der Waals surface area contributed by atoms with Crippen molar-refractivity contribution in [1.29, 1.82) is 0 Å². The highest BCUT2D eigenvalue weighted by Gasteiger charge is 2.20. The van der Waals surface area contributed by atoms with E-state index in [2.05, 4.69) is 20.4 Å². The van der Waals surface area contributed by atoms with Crippen molar-refractivity contribution >= 4 is 22.4 Å². The summed E-state index contributed by atoms with van der Waals surface area (Å²) in [4.78, 5) is 35.1. The molecule has 10 heteroatoms. The van der Waals surface area contributed by atoms with E-state index in [9.17, 15) is 14.0 Å². The first-order valence-electron chi connectivity index (χ1n) is 10.2. The van der Waals surface area contributed by atoms with Gasteiger partial charge in [-0.05, 0) is 30.3 Å². The van der Waals surface area contributed by atoms with E-state index in [-0.39, 0.29) is 5.69 Å². The number of hydrogen-bond donors (Lipinski definition) is 1. The molecule has 0 aliphatic carbocycles. The number of benzene rings is 2. The Bertz CT molecular complexity index is 1540. The number of imidazole rings is 1. The van der Waals surface area contributed by atoms with Crippen molar-refractivity contribution < 1.29 is 9.18 Å². The van der Waals surface area contributed by atoms with Gasteiger partial charge >= 0.3 is 0 Å². The molecule has 168 valence electrons. The van der Waals surface area contributed by atoms with Crippen LogP contribution in [0.3, 0.4) is 0 Å². The van der Waals surface area contributed by atoms with Gasteiger partial charge in [0.15, 0.2) is 11.0 Å². The third-order valence-corrected chi connectivity index (χ3v) is 5.99. The Balaban J connectivity index is 1.49. The lowest BCUT2D eigenvalue weighted by Gasteiger charge is -2.06. The fourth-order valence-electron chi connectivity index (χ4n) is 3.36. The van der Waals surface area contributed by atoms with Gasteiger partial charge in [0, 0.05) is 31.1 Å². The molecule has 0 radical (unpaired) electrons. The molecule has 0 saturated heterocycles. The van der Waals surface area contributed by atoms with Crippen molar-refractivity contribution in [3.8, 4) is 27.6 Å². The van der Waals surface area contributed by atoms with E-state index >= 15 is 0 Å². The number of carbonyl (C=O) groups is 1. The van der Waals surface area contributed by atoms with Crippen LogP contribution in [-0.2, 0) is 7.05 Å². The molecule has 5 aromatic rings. The van der Waals surface area contributed by atoms with Crippen molar-refractivity contribution in [3.63, 3.8) is 0 Å². The summed E-state index contributed by atoms with van der Waals surface area (Å²) in [6.07, 6.45) is 3.54. The maximum absolute atomic E-state index is 13.3. The lowest BCUT2D eigenvalue weighted by Crippen LogP contribution is -2.24. The maximum Gasteiger partial charge on any atom is 0.277 e. The van der Waals surface area contributed by atoms with E-state index in [1.54, 1.807) is 6.20 Å². The lowest BCUT2D eigenvalue weighted by molar-refractivity contribution is 0.102. The molecule has 0 aliphatic heterocycles. The Kier molecular flexibility index (Phi) is 5.56.